The maximum absolute atomic E-state index is 5.28. The first-order valence-corrected chi connectivity index (χ1v) is 6.83. The maximum atomic E-state index is 5.28. The minimum atomic E-state index is 0.604. The number of aliphatic imine (C=N–C) groups is 1. The van der Waals surface area contributed by atoms with Gasteiger partial charge < -0.3 is 4.74 Å². The Morgan fingerprint density at radius 3 is 2.76 bits per heavy atom. The topological polar surface area (TPSA) is 21.6 Å². The molecular formula is C14H19NOS. The van der Waals surface area contributed by atoms with E-state index in [1.165, 1.54) is 36.7 Å². The van der Waals surface area contributed by atoms with E-state index in [-0.39, 0.29) is 0 Å². The third kappa shape index (κ3) is 4.70. The van der Waals surface area contributed by atoms with Crippen molar-refractivity contribution < 1.29 is 4.74 Å². The van der Waals surface area contributed by atoms with Gasteiger partial charge in [-0.3, -0.25) is 0 Å². The summed E-state index contributed by atoms with van der Waals surface area (Å²) in [6, 6.07) is 0. The summed E-state index contributed by atoms with van der Waals surface area (Å²) >= 11 is 1.53. The van der Waals surface area contributed by atoms with E-state index < -0.39 is 0 Å². The molecule has 1 rings (SSSR count). The highest BCUT2D eigenvalue weighted by molar-refractivity contribution is 8.03. The van der Waals surface area contributed by atoms with Gasteiger partial charge in [0.2, 0.25) is 0 Å². The molecule has 0 aromatic rings. The number of rotatable bonds is 5. The van der Waals surface area contributed by atoms with Crippen molar-refractivity contribution >= 4 is 17.5 Å². The fraction of sp³-hybridized carbons (Fsp3) is 0.500. The molecule has 0 saturated heterocycles. The lowest BCUT2D eigenvalue weighted by molar-refractivity contribution is 0.305. The van der Waals surface area contributed by atoms with Crippen LogP contribution in [0.5, 0.6) is 0 Å². The summed E-state index contributed by atoms with van der Waals surface area (Å²) in [6.07, 6.45) is 12.9. The third-order valence-corrected chi connectivity index (χ3v) is 3.48. The van der Waals surface area contributed by atoms with Gasteiger partial charge in [0.25, 0.3) is 0 Å². The average molecular weight is 249 g/mol. The standard InChI is InChI=1S/C14H19NOS/c1-4-11-17-14(13(5-2)16-3)15-12-9-7-6-8-10-12/h1,5H,2,6-11H2,3H3/b14-13-. The van der Waals surface area contributed by atoms with E-state index >= 15 is 0 Å². The van der Waals surface area contributed by atoms with Crippen molar-refractivity contribution in [1.82, 2.24) is 0 Å². The molecule has 0 spiro atoms. The molecule has 0 N–H and O–H groups in total. The van der Waals surface area contributed by atoms with Crippen LogP contribution in [0.3, 0.4) is 0 Å². The molecule has 1 saturated carbocycles. The first-order valence-electron chi connectivity index (χ1n) is 5.85. The normalized spacial score (nSPS) is 16.8. The Morgan fingerprint density at radius 1 is 1.53 bits per heavy atom. The van der Waals surface area contributed by atoms with E-state index in [1.54, 1.807) is 13.2 Å². The summed E-state index contributed by atoms with van der Waals surface area (Å²) in [6.45, 7) is 3.74. The number of terminal acetylenes is 1. The lowest BCUT2D eigenvalue weighted by Gasteiger charge is -2.14. The van der Waals surface area contributed by atoms with E-state index in [9.17, 15) is 0 Å². The summed E-state index contributed by atoms with van der Waals surface area (Å²) in [5, 5.41) is 0.859. The van der Waals surface area contributed by atoms with Crippen LogP contribution < -0.4 is 0 Å². The van der Waals surface area contributed by atoms with E-state index in [0.29, 0.717) is 11.5 Å². The monoisotopic (exact) mass is 249 g/mol. The lowest BCUT2D eigenvalue weighted by Crippen LogP contribution is -2.05. The van der Waals surface area contributed by atoms with Gasteiger partial charge in [-0.15, -0.1) is 6.42 Å². The highest BCUT2D eigenvalue weighted by Gasteiger charge is 2.10. The summed E-state index contributed by atoms with van der Waals surface area (Å²) in [5.74, 6) is 3.92. The third-order valence-electron chi connectivity index (χ3n) is 2.60. The number of allylic oxidation sites excluding steroid dienone is 1. The molecule has 1 aliphatic rings. The molecule has 1 fully saturated rings. The number of hydrogen-bond acceptors (Lipinski definition) is 3. The minimum Gasteiger partial charge on any atom is -0.494 e. The number of thioether (sulfide) groups is 1. The number of ether oxygens (including phenoxy) is 1. The van der Waals surface area contributed by atoms with Gasteiger partial charge in [-0.1, -0.05) is 30.7 Å². The Morgan fingerprint density at radius 2 is 2.24 bits per heavy atom. The largest absolute Gasteiger partial charge is 0.494 e. The Kier molecular flexibility index (Phi) is 6.57. The highest BCUT2D eigenvalue weighted by Crippen LogP contribution is 2.25. The van der Waals surface area contributed by atoms with Crippen LogP contribution in [0.1, 0.15) is 32.1 Å². The van der Waals surface area contributed by atoms with Crippen molar-refractivity contribution in [3.63, 3.8) is 0 Å². The van der Waals surface area contributed by atoms with Gasteiger partial charge >= 0.3 is 0 Å². The van der Waals surface area contributed by atoms with Crippen LogP contribution in [0.15, 0.2) is 28.4 Å². The molecule has 92 valence electrons. The molecule has 0 atom stereocenters. The second kappa shape index (κ2) is 8.03. The van der Waals surface area contributed by atoms with Gasteiger partial charge in [-0.05, 0) is 31.8 Å². The SMILES string of the molecule is C#CCS/C(N=C1CCCCC1)=C(/C=C)OC. The van der Waals surface area contributed by atoms with Crippen LogP contribution in [0.25, 0.3) is 0 Å². The average Bonchev–Trinajstić information content (AvgIpc) is 2.38. The molecule has 0 aromatic carbocycles. The first kappa shape index (κ1) is 13.9. The van der Waals surface area contributed by atoms with Gasteiger partial charge in [-0.25, -0.2) is 4.99 Å². The zero-order valence-electron chi connectivity index (χ0n) is 10.4. The molecule has 0 radical (unpaired) electrons. The van der Waals surface area contributed by atoms with Gasteiger partial charge in [0.15, 0.2) is 0 Å². The molecule has 17 heavy (non-hydrogen) atoms. The number of hydrogen-bond donors (Lipinski definition) is 0. The minimum absolute atomic E-state index is 0.604. The molecule has 0 bridgehead atoms. The van der Waals surface area contributed by atoms with E-state index in [0.717, 1.165) is 17.9 Å². The van der Waals surface area contributed by atoms with Crippen LogP contribution >= 0.6 is 11.8 Å². The quantitative estimate of drug-likeness (QED) is 0.420. The second-order valence-electron chi connectivity index (χ2n) is 3.81. The molecule has 0 heterocycles. The van der Waals surface area contributed by atoms with Crippen molar-refractivity contribution in [1.29, 1.82) is 0 Å². The predicted octanol–water partition coefficient (Wildman–Crippen LogP) is 3.76. The highest BCUT2D eigenvalue weighted by atomic mass is 32.2. The molecule has 0 aromatic heterocycles. The zero-order chi connectivity index (χ0) is 12.5. The molecular weight excluding hydrogens is 230 g/mol. The Labute approximate surface area is 108 Å². The number of nitrogens with zero attached hydrogens (tertiary/aromatic N) is 1. The van der Waals surface area contributed by atoms with Crippen molar-refractivity contribution in [2.75, 3.05) is 12.9 Å². The molecule has 0 unspecified atom stereocenters. The lowest BCUT2D eigenvalue weighted by atomic mass is 9.99. The smallest absolute Gasteiger partial charge is 0.150 e. The van der Waals surface area contributed by atoms with Gasteiger partial charge in [-0.2, -0.15) is 0 Å². The second-order valence-corrected chi connectivity index (χ2v) is 4.77. The van der Waals surface area contributed by atoms with Crippen LogP contribution in [0.4, 0.5) is 0 Å². The van der Waals surface area contributed by atoms with Gasteiger partial charge in [0, 0.05) is 5.71 Å². The van der Waals surface area contributed by atoms with Crippen molar-refractivity contribution in [2.45, 2.75) is 32.1 Å². The molecule has 2 nitrogen and oxygen atoms in total. The maximum Gasteiger partial charge on any atom is 0.150 e. The van der Waals surface area contributed by atoms with Crippen molar-refractivity contribution in [2.24, 2.45) is 4.99 Å². The predicted molar refractivity (Wildman–Crippen MR) is 76.0 cm³/mol. The summed E-state index contributed by atoms with van der Waals surface area (Å²) in [4.78, 5) is 4.68. The fourth-order valence-corrected chi connectivity index (χ4v) is 2.46. The van der Waals surface area contributed by atoms with E-state index in [4.69, 9.17) is 11.2 Å². The molecule has 0 amide bonds. The number of methoxy groups -OCH3 is 1. The van der Waals surface area contributed by atoms with Crippen LogP contribution in [0, 0.1) is 12.3 Å². The van der Waals surface area contributed by atoms with Crippen LogP contribution in [-0.2, 0) is 4.74 Å². The van der Waals surface area contributed by atoms with Crippen molar-refractivity contribution in [3.8, 4) is 12.3 Å². The first-order chi connectivity index (χ1) is 8.31. The molecule has 1 aliphatic carbocycles. The summed E-state index contributed by atoms with van der Waals surface area (Å²) in [7, 11) is 1.63. The van der Waals surface area contributed by atoms with Crippen LogP contribution in [0.2, 0.25) is 0 Å². The Bertz CT molecular complexity index is 355. The van der Waals surface area contributed by atoms with Gasteiger partial charge in [0.1, 0.15) is 10.8 Å². The van der Waals surface area contributed by atoms with E-state index in [1.807, 2.05) is 0 Å². The zero-order valence-corrected chi connectivity index (χ0v) is 11.2. The van der Waals surface area contributed by atoms with E-state index in [2.05, 4.69) is 17.5 Å². The van der Waals surface area contributed by atoms with Gasteiger partial charge in [0.05, 0.1) is 12.9 Å². The Hall–Kier alpha value is -1.14. The Balaban J connectivity index is 2.85. The van der Waals surface area contributed by atoms with Crippen LogP contribution in [-0.4, -0.2) is 18.6 Å². The van der Waals surface area contributed by atoms with Crippen molar-refractivity contribution in [3.05, 3.63) is 23.4 Å². The summed E-state index contributed by atoms with van der Waals surface area (Å²) < 4.78 is 5.27. The fourth-order valence-electron chi connectivity index (χ4n) is 1.74. The summed E-state index contributed by atoms with van der Waals surface area (Å²) in [5.41, 5.74) is 1.26. The molecule has 0 aliphatic heterocycles. The molecule has 3 heteroatoms.